The fourth-order valence-electron chi connectivity index (χ4n) is 3.06. The summed E-state index contributed by atoms with van der Waals surface area (Å²) < 4.78 is 0. The molecule has 0 aliphatic carbocycles. The number of hydrogen-bond donors (Lipinski definition) is 2. The first-order valence-electron chi connectivity index (χ1n) is 11.5. The van der Waals surface area contributed by atoms with E-state index in [0.29, 0.717) is 5.56 Å². The maximum absolute atomic E-state index is 11.8. The van der Waals surface area contributed by atoms with Crippen LogP contribution in [0.1, 0.15) is 87.9 Å². The van der Waals surface area contributed by atoms with Crippen molar-refractivity contribution in [3.05, 3.63) is 78.6 Å². The molecular formula is C27H39NO2. The van der Waals surface area contributed by atoms with Gasteiger partial charge in [-0.3, -0.25) is 4.79 Å². The molecule has 1 amide bonds. The number of phenolic OH excluding ortho intramolecular Hbond substituents is 1. The van der Waals surface area contributed by atoms with Crippen LogP contribution in [-0.4, -0.2) is 11.0 Å². The Morgan fingerprint density at radius 3 is 1.93 bits per heavy atom. The first kappa shape index (κ1) is 25.5. The highest BCUT2D eigenvalue weighted by Crippen LogP contribution is 2.11. The summed E-state index contributed by atoms with van der Waals surface area (Å²) in [6.45, 7) is 2.27. The maximum atomic E-state index is 11.8. The van der Waals surface area contributed by atoms with E-state index in [-0.39, 0.29) is 11.7 Å². The summed E-state index contributed by atoms with van der Waals surface area (Å²) in [4.78, 5) is 11.8. The van der Waals surface area contributed by atoms with Crippen molar-refractivity contribution in [2.75, 3.05) is 0 Å². The number of unbranched alkanes of at least 4 members (excludes halogenated alkanes) is 10. The number of rotatable bonds is 16. The van der Waals surface area contributed by atoms with Crippen LogP contribution in [0.3, 0.4) is 0 Å². The topological polar surface area (TPSA) is 49.3 Å². The summed E-state index contributed by atoms with van der Waals surface area (Å²) in [5.41, 5.74) is 0.508. The molecule has 0 unspecified atom stereocenters. The maximum Gasteiger partial charge on any atom is 0.255 e. The van der Waals surface area contributed by atoms with E-state index in [9.17, 15) is 9.90 Å². The SMILES string of the molecule is CCCCCCCCCCCCC=CC=CC=CC=CNC(=O)c1ccc(O)cc1. The van der Waals surface area contributed by atoms with Crippen LogP contribution in [0.25, 0.3) is 0 Å². The van der Waals surface area contributed by atoms with Gasteiger partial charge < -0.3 is 10.4 Å². The van der Waals surface area contributed by atoms with Gasteiger partial charge in [-0.05, 0) is 43.2 Å². The Morgan fingerprint density at radius 1 is 0.767 bits per heavy atom. The molecule has 30 heavy (non-hydrogen) atoms. The lowest BCUT2D eigenvalue weighted by Gasteiger charge is -2.01. The van der Waals surface area contributed by atoms with Gasteiger partial charge in [-0.25, -0.2) is 0 Å². The van der Waals surface area contributed by atoms with Gasteiger partial charge in [-0.2, -0.15) is 0 Å². The van der Waals surface area contributed by atoms with E-state index < -0.39 is 0 Å². The minimum atomic E-state index is -0.204. The second kappa shape index (κ2) is 18.5. The second-order valence-electron chi connectivity index (χ2n) is 7.55. The molecule has 2 N–H and O–H groups in total. The van der Waals surface area contributed by atoms with Gasteiger partial charge in [0, 0.05) is 11.8 Å². The summed E-state index contributed by atoms with van der Waals surface area (Å²) >= 11 is 0. The van der Waals surface area contributed by atoms with Gasteiger partial charge in [-0.15, -0.1) is 0 Å². The molecule has 0 bridgehead atoms. The Balaban J connectivity index is 1.99. The van der Waals surface area contributed by atoms with Crippen molar-refractivity contribution in [1.29, 1.82) is 0 Å². The lowest BCUT2D eigenvalue weighted by atomic mass is 10.1. The molecule has 1 aromatic carbocycles. The number of aromatic hydroxyl groups is 1. The van der Waals surface area contributed by atoms with Gasteiger partial charge in [0.15, 0.2) is 0 Å². The molecule has 0 aliphatic heterocycles. The zero-order valence-electron chi connectivity index (χ0n) is 18.6. The summed E-state index contributed by atoms with van der Waals surface area (Å²) in [5.74, 6) is -0.0561. The normalized spacial score (nSPS) is 12.0. The van der Waals surface area contributed by atoms with Crippen LogP contribution in [0.5, 0.6) is 5.75 Å². The van der Waals surface area contributed by atoms with Crippen LogP contribution in [0.4, 0.5) is 0 Å². The van der Waals surface area contributed by atoms with E-state index in [4.69, 9.17) is 0 Å². The summed E-state index contributed by atoms with van der Waals surface area (Å²) in [6.07, 6.45) is 30.4. The minimum Gasteiger partial charge on any atom is -0.508 e. The van der Waals surface area contributed by atoms with Crippen molar-refractivity contribution in [2.45, 2.75) is 77.6 Å². The standard InChI is InChI=1S/C27H39NO2/c1-2-3-4-5-6-7-8-9-10-11-12-13-14-15-16-17-18-19-24-28-27(30)25-20-22-26(29)23-21-25/h13-24,29H,2-12H2,1H3,(H,28,30). The Morgan fingerprint density at radius 2 is 1.30 bits per heavy atom. The molecule has 0 saturated carbocycles. The molecule has 0 fully saturated rings. The summed E-state index contributed by atoms with van der Waals surface area (Å²) in [7, 11) is 0. The molecule has 0 radical (unpaired) electrons. The van der Waals surface area contributed by atoms with Crippen LogP contribution in [0.2, 0.25) is 0 Å². The lowest BCUT2D eigenvalue weighted by molar-refractivity contribution is 0.0970. The van der Waals surface area contributed by atoms with E-state index in [0.717, 1.165) is 6.42 Å². The number of carbonyl (C=O) groups excluding carboxylic acids is 1. The zero-order chi connectivity index (χ0) is 21.7. The van der Waals surface area contributed by atoms with Crippen molar-refractivity contribution in [1.82, 2.24) is 5.32 Å². The molecule has 0 aliphatic rings. The van der Waals surface area contributed by atoms with Gasteiger partial charge in [0.1, 0.15) is 5.75 Å². The van der Waals surface area contributed by atoms with Crippen molar-refractivity contribution < 1.29 is 9.90 Å². The number of phenols is 1. The molecule has 3 heteroatoms. The average molecular weight is 410 g/mol. The van der Waals surface area contributed by atoms with Gasteiger partial charge in [-0.1, -0.05) is 101 Å². The highest BCUT2D eigenvalue weighted by atomic mass is 16.3. The Bertz CT molecular complexity index is 669. The van der Waals surface area contributed by atoms with Crippen molar-refractivity contribution in [2.24, 2.45) is 0 Å². The van der Waals surface area contributed by atoms with Gasteiger partial charge in [0.25, 0.3) is 5.91 Å². The van der Waals surface area contributed by atoms with Gasteiger partial charge in [0.05, 0.1) is 0 Å². The Kier molecular flexibility index (Phi) is 15.7. The zero-order valence-corrected chi connectivity index (χ0v) is 18.6. The Hall–Kier alpha value is -2.55. The number of amides is 1. The lowest BCUT2D eigenvalue weighted by Crippen LogP contribution is -2.16. The molecule has 0 atom stereocenters. The van der Waals surface area contributed by atoms with Crippen LogP contribution in [0, 0.1) is 0 Å². The number of carbonyl (C=O) groups is 1. The summed E-state index contributed by atoms with van der Waals surface area (Å²) in [6, 6.07) is 6.15. The fourth-order valence-corrected chi connectivity index (χ4v) is 3.06. The van der Waals surface area contributed by atoms with Gasteiger partial charge >= 0.3 is 0 Å². The molecule has 164 valence electrons. The molecule has 1 rings (SSSR count). The van der Waals surface area contributed by atoms with Crippen LogP contribution in [0.15, 0.2) is 73.0 Å². The average Bonchev–Trinajstić information content (AvgIpc) is 2.75. The molecular weight excluding hydrogens is 370 g/mol. The van der Waals surface area contributed by atoms with Crippen molar-refractivity contribution in [3.8, 4) is 5.75 Å². The van der Waals surface area contributed by atoms with Crippen molar-refractivity contribution >= 4 is 5.91 Å². The highest BCUT2D eigenvalue weighted by molar-refractivity contribution is 5.94. The molecule has 1 aromatic rings. The Labute approximate surface area is 183 Å². The largest absolute Gasteiger partial charge is 0.508 e. The fraction of sp³-hybridized carbons (Fsp3) is 0.444. The number of hydrogen-bond acceptors (Lipinski definition) is 2. The van der Waals surface area contributed by atoms with E-state index in [1.165, 1.54) is 76.3 Å². The quantitative estimate of drug-likeness (QED) is 0.218. The van der Waals surface area contributed by atoms with Crippen LogP contribution in [-0.2, 0) is 0 Å². The number of benzene rings is 1. The molecule has 3 nitrogen and oxygen atoms in total. The molecule has 0 spiro atoms. The third kappa shape index (κ3) is 14.4. The van der Waals surface area contributed by atoms with Crippen LogP contribution < -0.4 is 5.32 Å². The first-order chi connectivity index (χ1) is 14.7. The number of nitrogens with one attached hydrogen (secondary N) is 1. The predicted octanol–water partition coefficient (Wildman–Crippen LogP) is 7.62. The predicted molar refractivity (Wildman–Crippen MR) is 129 cm³/mol. The molecule has 0 heterocycles. The third-order valence-electron chi connectivity index (χ3n) is 4.86. The van der Waals surface area contributed by atoms with E-state index in [1.54, 1.807) is 24.4 Å². The second-order valence-corrected chi connectivity index (χ2v) is 7.55. The summed E-state index contributed by atoms with van der Waals surface area (Å²) in [5, 5.41) is 11.9. The third-order valence-corrected chi connectivity index (χ3v) is 4.86. The van der Waals surface area contributed by atoms with E-state index in [1.807, 2.05) is 24.3 Å². The van der Waals surface area contributed by atoms with Gasteiger partial charge in [0.2, 0.25) is 0 Å². The highest BCUT2D eigenvalue weighted by Gasteiger charge is 2.01. The smallest absolute Gasteiger partial charge is 0.255 e. The first-order valence-corrected chi connectivity index (χ1v) is 11.5. The number of allylic oxidation sites excluding steroid dienone is 7. The molecule has 0 aromatic heterocycles. The van der Waals surface area contributed by atoms with E-state index in [2.05, 4.69) is 24.4 Å². The monoisotopic (exact) mass is 409 g/mol. The van der Waals surface area contributed by atoms with E-state index >= 15 is 0 Å². The molecule has 0 saturated heterocycles. The minimum absolute atomic E-state index is 0.148. The van der Waals surface area contributed by atoms with Crippen LogP contribution >= 0.6 is 0 Å². The van der Waals surface area contributed by atoms with Crippen molar-refractivity contribution in [3.63, 3.8) is 0 Å².